The molecule has 0 saturated heterocycles. The molecule has 1 aliphatic carbocycles. The largest absolute Gasteiger partial charge is 0.349 e. The van der Waals surface area contributed by atoms with Crippen LogP contribution < -0.4 is 5.32 Å². The smallest absolute Gasteiger partial charge is 0.254 e. The Morgan fingerprint density at radius 3 is 3.11 bits per heavy atom. The minimum Gasteiger partial charge on any atom is -0.349 e. The molecule has 2 unspecified atom stereocenters. The molecule has 0 radical (unpaired) electrons. The van der Waals surface area contributed by atoms with Crippen molar-refractivity contribution in [3.8, 4) is 0 Å². The molecule has 98 valence electrons. The molecule has 1 heterocycles. The third kappa shape index (κ3) is 3.22. The number of nitrogens with zero attached hydrogens (tertiary/aromatic N) is 1. The number of nitrogens with one attached hydrogen (secondary N) is 1. The molecule has 2 rings (SSSR count). The fourth-order valence-corrected chi connectivity index (χ4v) is 2.79. The fourth-order valence-electron chi connectivity index (χ4n) is 2.60. The van der Waals surface area contributed by atoms with Crippen LogP contribution in [0.2, 0.25) is 5.02 Å². The lowest BCUT2D eigenvalue weighted by molar-refractivity contribution is 0.0919. The maximum Gasteiger partial charge on any atom is 0.254 e. The number of carbonyl (C=O) groups is 1. The Labute approximate surface area is 113 Å². The number of rotatable bonds is 3. The Hall–Kier alpha value is -1.09. The molecule has 0 spiro atoms. The van der Waals surface area contributed by atoms with E-state index in [1.54, 1.807) is 12.3 Å². The third-order valence-corrected chi connectivity index (χ3v) is 4.04. The van der Waals surface area contributed by atoms with E-state index in [0.717, 1.165) is 18.8 Å². The summed E-state index contributed by atoms with van der Waals surface area (Å²) in [6, 6.07) is 1.93. The van der Waals surface area contributed by atoms with Gasteiger partial charge in [-0.3, -0.25) is 9.78 Å². The summed E-state index contributed by atoms with van der Waals surface area (Å²) in [5.74, 6) is 0.642. The SMILES string of the molecule is CCC1CCCC(NC(=O)c2cnccc2Cl)C1. The van der Waals surface area contributed by atoms with Gasteiger partial charge < -0.3 is 5.32 Å². The molecule has 2 atom stereocenters. The van der Waals surface area contributed by atoms with Gasteiger partial charge in [-0.15, -0.1) is 0 Å². The zero-order valence-corrected chi connectivity index (χ0v) is 11.4. The maximum absolute atomic E-state index is 12.1. The first-order chi connectivity index (χ1) is 8.70. The Bertz CT molecular complexity index is 422. The quantitative estimate of drug-likeness (QED) is 0.911. The zero-order chi connectivity index (χ0) is 13.0. The summed E-state index contributed by atoms with van der Waals surface area (Å²) >= 11 is 5.99. The molecule has 1 fully saturated rings. The van der Waals surface area contributed by atoms with E-state index in [1.165, 1.54) is 25.5 Å². The summed E-state index contributed by atoms with van der Waals surface area (Å²) in [4.78, 5) is 16.0. The first-order valence-corrected chi connectivity index (χ1v) is 6.99. The average molecular weight is 267 g/mol. The van der Waals surface area contributed by atoms with E-state index in [0.29, 0.717) is 10.6 Å². The Morgan fingerprint density at radius 2 is 2.39 bits per heavy atom. The minimum atomic E-state index is -0.102. The number of pyridine rings is 1. The molecule has 1 aromatic heterocycles. The molecule has 4 heteroatoms. The summed E-state index contributed by atoms with van der Waals surface area (Å²) in [7, 11) is 0. The van der Waals surface area contributed by atoms with Crippen LogP contribution in [0.3, 0.4) is 0 Å². The van der Waals surface area contributed by atoms with E-state index >= 15 is 0 Å². The van der Waals surface area contributed by atoms with Crippen LogP contribution in [-0.2, 0) is 0 Å². The lowest BCUT2D eigenvalue weighted by atomic mass is 9.84. The minimum absolute atomic E-state index is 0.102. The Morgan fingerprint density at radius 1 is 1.56 bits per heavy atom. The van der Waals surface area contributed by atoms with E-state index in [2.05, 4.69) is 17.2 Å². The molecular formula is C14H19ClN2O. The molecule has 1 saturated carbocycles. The number of aromatic nitrogens is 1. The third-order valence-electron chi connectivity index (χ3n) is 3.71. The van der Waals surface area contributed by atoms with Gasteiger partial charge in [0.2, 0.25) is 0 Å². The van der Waals surface area contributed by atoms with E-state index < -0.39 is 0 Å². The van der Waals surface area contributed by atoms with Crippen LogP contribution in [0, 0.1) is 5.92 Å². The van der Waals surface area contributed by atoms with Gasteiger partial charge in [-0.2, -0.15) is 0 Å². The van der Waals surface area contributed by atoms with Gasteiger partial charge in [0.1, 0.15) is 0 Å². The van der Waals surface area contributed by atoms with Crippen LogP contribution in [0.15, 0.2) is 18.5 Å². The highest BCUT2D eigenvalue weighted by Gasteiger charge is 2.23. The molecule has 0 bridgehead atoms. The van der Waals surface area contributed by atoms with Crippen molar-refractivity contribution in [2.45, 2.75) is 45.1 Å². The van der Waals surface area contributed by atoms with Gasteiger partial charge >= 0.3 is 0 Å². The molecule has 1 N–H and O–H groups in total. The van der Waals surface area contributed by atoms with Gasteiger partial charge in [-0.05, 0) is 24.8 Å². The van der Waals surface area contributed by atoms with E-state index in [4.69, 9.17) is 11.6 Å². The van der Waals surface area contributed by atoms with Crippen molar-refractivity contribution >= 4 is 17.5 Å². The van der Waals surface area contributed by atoms with E-state index in [9.17, 15) is 4.79 Å². The van der Waals surface area contributed by atoms with Crippen molar-refractivity contribution in [3.05, 3.63) is 29.0 Å². The highest BCUT2D eigenvalue weighted by molar-refractivity contribution is 6.33. The Balaban J connectivity index is 1.97. The number of hydrogen-bond acceptors (Lipinski definition) is 2. The van der Waals surface area contributed by atoms with Crippen LogP contribution in [0.25, 0.3) is 0 Å². The molecule has 0 aliphatic heterocycles. The van der Waals surface area contributed by atoms with Gasteiger partial charge in [0, 0.05) is 18.4 Å². The van der Waals surface area contributed by atoms with Gasteiger partial charge in [0.15, 0.2) is 0 Å². The van der Waals surface area contributed by atoms with Crippen molar-refractivity contribution in [1.82, 2.24) is 10.3 Å². The summed E-state index contributed by atoms with van der Waals surface area (Å²) < 4.78 is 0. The maximum atomic E-state index is 12.1. The van der Waals surface area contributed by atoms with Crippen LogP contribution in [0.5, 0.6) is 0 Å². The predicted molar refractivity (Wildman–Crippen MR) is 72.8 cm³/mol. The first-order valence-electron chi connectivity index (χ1n) is 6.61. The van der Waals surface area contributed by atoms with Crippen LogP contribution in [0.4, 0.5) is 0 Å². The van der Waals surface area contributed by atoms with E-state index in [1.807, 2.05) is 0 Å². The van der Waals surface area contributed by atoms with E-state index in [-0.39, 0.29) is 11.9 Å². The summed E-state index contributed by atoms with van der Waals surface area (Å²) in [5.41, 5.74) is 0.470. The highest BCUT2D eigenvalue weighted by atomic mass is 35.5. The number of amides is 1. The summed E-state index contributed by atoms with van der Waals surface area (Å²) in [6.45, 7) is 2.22. The van der Waals surface area contributed by atoms with Crippen molar-refractivity contribution in [3.63, 3.8) is 0 Å². The normalized spacial score (nSPS) is 23.7. The standard InChI is InChI=1S/C14H19ClN2O/c1-2-10-4-3-5-11(8-10)17-14(18)12-9-16-7-6-13(12)15/h6-7,9-11H,2-5,8H2,1H3,(H,17,18). The average Bonchev–Trinajstić information content (AvgIpc) is 2.39. The number of halogens is 1. The van der Waals surface area contributed by atoms with Crippen molar-refractivity contribution in [2.24, 2.45) is 5.92 Å². The molecule has 1 aromatic rings. The molecular weight excluding hydrogens is 248 g/mol. The summed E-state index contributed by atoms with van der Waals surface area (Å²) in [6.07, 6.45) is 8.95. The van der Waals surface area contributed by atoms with Crippen molar-refractivity contribution in [1.29, 1.82) is 0 Å². The molecule has 18 heavy (non-hydrogen) atoms. The van der Waals surface area contributed by atoms with Gasteiger partial charge in [-0.25, -0.2) is 0 Å². The van der Waals surface area contributed by atoms with Gasteiger partial charge in [-0.1, -0.05) is 37.8 Å². The monoisotopic (exact) mass is 266 g/mol. The topological polar surface area (TPSA) is 42.0 Å². The number of hydrogen-bond donors (Lipinski definition) is 1. The molecule has 1 aliphatic rings. The number of carbonyl (C=O) groups excluding carboxylic acids is 1. The highest BCUT2D eigenvalue weighted by Crippen LogP contribution is 2.27. The van der Waals surface area contributed by atoms with Gasteiger partial charge in [0.05, 0.1) is 10.6 Å². The molecule has 0 aromatic carbocycles. The van der Waals surface area contributed by atoms with Gasteiger partial charge in [0.25, 0.3) is 5.91 Å². The lowest BCUT2D eigenvalue weighted by Crippen LogP contribution is -2.38. The van der Waals surface area contributed by atoms with Crippen LogP contribution in [-0.4, -0.2) is 16.9 Å². The first kappa shape index (κ1) is 13.3. The molecule has 3 nitrogen and oxygen atoms in total. The zero-order valence-electron chi connectivity index (χ0n) is 10.7. The van der Waals surface area contributed by atoms with Crippen molar-refractivity contribution in [2.75, 3.05) is 0 Å². The molecule has 1 amide bonds. The van der Waals surface area contributed by atoms with Crippen LogP contribution >= 0.6 is 11.6 Å². The van der Waals surface area contributed by atoms with Crippen molar-refractivity contribution < 1.29 is 4.79 Å². The second-order valence-electron chi connectivity index (χ2n) is 4.97. The fraction of sp³-hybridized carbons (Fsp3) is 0.571. The second-order valence-corrected chi connectivity index (χ2v) is 5.37. The second kappa shape index (κ2) is 6.19. The lowest BCUT2D eigenvalue weighted by Gasteiger charge is -2.29. The predicted octanol–water partition coefficient (Wildman–Crippen LogP) is 3.43. The Kier molecular flexibility index (Phi) is 4.59. The summed E-state index contributed by atoms with van der Waals surface area (Å²) in [5, 5.41) is 3.54. The van der Waals surface area contributed by atoms with Crippen LogP contribution in [0.1, 0.15) is 49.4 Å².